The fourth-order valence-corrected chi connectivity index (χ4v) is 2.19. The predicted molar refractivity (Wildman–Crippen MR) is 83.6 cm³/mol. The van der Waals surface area contributed by atoms with E-state index in [2.05, 4.69) is 37.5 Å². The average molecular weight is 299 g/mol. The largest absolute Gasteiger partial charge is 0.366 e. The molecule has 1 atom stereocenters. The van der Waals surface area contributed by atoms with E-state index >= 15 is 0 Å². The molecule has 1 amide bonds. The van der Waals surface area contributed by atoms with Crippen LogP contribution in [0.1, 0.15) is 26.3 Å². The van der Waals surface area contributed by atoms with Crippen molar-refractivity contribution in [2.75, 3.05) is 25.0 Å². The van der Waals surface area contributed by atoms with Crippen LogP contribution >= 0.6 is 12.4 Å². The molecule has 0 bridgehead atoms. The van der Waals surface area contributed by atoms with Crippen LogP contribution in [0.25, 0.3) is 0 Å². The number of nitrogens with one attached hydrogen (secondary N) is 2. The van der Waals surface area contributed by atoms with Crippen LogP contribution in [0.4, 0.5) is 5.69 Å². The number of ether oxygens (including phenoxy) is 1. The topological polar surface area (TPSA) is 50.4 Å². The second-order valence-electron chi connectivity index (χ2n) is 5.85. The van der Waals surface area contributed by atoms with Crippen molar-refractivity contribution >= 4 is 24.0 Å². The molecular weight excluding hydrogens is 276 g/mol. The minimum absolute atomic E-state index is 0. The lowest BCUT2D eigenvalue weighted by Gasteiger charge is -2.26. The summed E-state index contributed by atoms with van der Waals surface area (Å²) in [5.74, 6) is -0.0797. The zero-order valence-corrected chi connectivity index (χ0v) is 13.0. The summed E-state index contributed by atoms with van der Waals surface area (Å²) >= 11 is 0. The monoisotopic (exact) mass is 298 g/mol. The second-order valence-corrected chi connectivity index (χ2v) is 5.85. The molecule has 4 nitrogen and oxygen atoms in total. The standard InChI is InChI=1S/C15H22N2O2.ClH/c1-15(2,3)11-6-4-5-7-12(11)17-14(18)13-10-16-8-9-19-13;/h4-7,13,16H,8-10H2,1-3H3,(H,17,18);1H. The quantitative estimate of drug-likeness (QED) is 0.881. The molecule has 1 aliphatic rings. The van der Waals surface area contributed by atoms with Crippen molar-refractivity contribution in [2.45, 2.75) is 32.3 Å². The van der Waals surface area contributed by atoms with E-state index in [-0.39, 0.29) is 23.7 Å². The Morgan fingerprint density at radius 3 is 2.65 bits per heavy atom. The molecule has 5 heteroatoms. The molecule has 2 rings (SSSR count). The van der Waals surface area contributed by atoms with Crippen molar-refractivity contribution in [1.82, 2.24) is 5.32 Å². The van der Waals surface area contributed by atoms with Gasteiger partial charge in [0.05, 0.1) is 6.61 Å². The first-order chi connectivity index (χ1) is 8.98. The number of carbonyl (C=O) groups excluding carboxylic acids is 1. The maximum Gasteiger partial charge on any atom is 0.254 e. The highest BCUT2D eigenvalue weighted by Gasteiger charge is 2.24. The van der Waals surface area contributed by atoms with Crippen LogP contribution in [0, 0.1) is 0 Å². The third kappa shape index (κ3) is 4.20. The van der Waals surface area contributed by atoms with Gasteiger partial charge in [0.15, 0.2) is 0 Å². The van der Waals surface area contributed by atoms with Gasteiger partial charge in [-0.15, -0.1) is 12.4 Å². The molecule has 0 radical (unpaired) electrons. The van der Waals surface area contributed by atoms with Crippen LogP contribution in [-0.2, 0) is 14.9 Å². The van der Waals surface area contributed by atoms with Gasteiger partial charge in [0.25, 0.3) is 5.91 Å². The van der Waals surface area contributed by atoms with Crippen LogP contribution < -0.4 is 10.6 Å². The van der Waals surface area contributed by atoms with Crippen LogP contribution in [0.5, 0.6) is 0 Å². The zero-order valence-electron chi connectivity index (χ0n) is 12.2. The smallest absolute Gasteiger partial charge is 0.254 e. The number of morpholine rings is 1. The summed E-state index contributed by atoms with van der Waals surface area (Å²) in [6, 6.07) is 7.92. The molecule has 1 aromatic carbocycles. The Hall–Kier alpha value is -1.10. The van der Waals surface area contributed by atoms with Gasteiger partial charge in [0.2, 0.25) is 0 Å². The number of amides is 1. The summed E-state index contributed by atoms with van der Waals surface area (Å²) in [6.07, 6.45) is -0.401. The molecule has 20 heavy (non-hydrogen) atoms. The number of carbonyl (C=O) groups is 1. The van der Waals surface area contributed by atoms with E-state index in [4.69, 9.17) is 4.74 Å². The molecule has 0 aliphatic carbocycles. The minimum atomic E-state index is -0.401. The Bertz CT molecular complexity index is 451. The summed E-state index contributed by atoms with van der Waals surface area (Å²) in [4.78, 5) is 12.2. The molecule has 112 valence electrons. The van der Waals surface area contributed by atoms with E-state index in [1.165, 1.54) is 0 Å². The molecule has 1 aliphatic heterocycles. The molecule has 1 fully saturated rings. The van der Waals surface area contributed by atoms with E-state index in [0.717, 1.165) is 17.8 Å². The molecule has 1 saturated heterocycles. The Labute approximate surface area is 126 Å². The lowest BCUT2D eigenvalue weighted by molar-refractivity contribution is -0.128. The summed E-state index contributed by atoms with van der Waals surface area (Å²) in [5.41, 5.74) is 2.00. The van der Waals surface area contributed by atoms with Gasteiger partial charge in [-0.05, 0) is 17.0 Å². The zero-order chi connectivity index (χ0) is 13.9. The highest BCUT2D eigenvalue weighted by atomic mass is 35.5. The maximum atomic E-state index is 12.2. The van der Waals surface area contributed by atoms with E-state index in [1.54, 1.807) is 0 Å². The molecule has 0 saturated carbocycles. The molecule has 1 unspecified atom stereocenters. The van der Waals surface area contributed by atoms with E-state index < -0.39 is 6.10 Å². The Morgan fingerprint density at radius 1 is 1.35 bits per heavy atom. The third-order valence-corrected chi connectivity index (χ3v) is 3.21. The Kier molecular flexibility index (Phi) is 5.99. The number of halogens is 1. The first kappa shape index (κ1) is 17.0. The van der Waals surface area contributed by atoms with Crippen LogP contribution in [0.2, 0.25) is 0 Å². The normalized spacial score (nSPS) is 19.1. The molecule has 1 heterocycles. The molecular formula is C15H23ClN2O2. The lowest BCUT2D eigenvalue weighted by atomic mass is 9.86. The number of para-hydroxylation sites is 1. The molecule has 2 N–H and O–H groups in total. The van der Waals surface area contributed by atoms with Gasteiger partial charge in [-0.3, -0.25) is 4.79 Å². The van der Waals surface area contributed by atoms with Crippen molar-refractivity contribution in [3.05, 3.63) is 29.8 Å². The first-order valence-corrected chi connectivity index (χ1v) is 6.71. The highest BCUT2D eigenvalue weighted by molar-refractivity contribution is 5.95. The minimum Gasteiger partial charge on any atom is -0.366 e. The van der Waals surface area contributed by atoms with E-state index in [9.17, 15) is 4.79 Å². The summed E-state index contributed by atoms with van der Waals surface area (Å²) in [5, 5.41) is 6.14. The van der Waals surface area contributed by atoms with Crippen molar-refractivity contribution in [3.63, 3.8) is 0 Å². The number of anilines is 1. The second kappa shape index (κ2) is 7.07. The van der Waals surface area contributed by atoms with Gasteiger partial charge in [0.1, 0.15) is 6.10 Å². The van der Waals surface area contributed by atoms with Crippen molar-refractivity contribution in [3.8, 4) is 0 Å². The summed E-state index contributed by atoms with van der Waals surface area (Å²) in [7, 11) is 0. The Balaban J connectivity index is 0.00000200. The van der Waals surface area contributed by atoms with E-state index in [0.29, 0.717) is 13.2 Å². The highest BCUT2D eigenvalue weighted by Crippen LogP contribution is 2.29. The van der Waals surface area contributed by atoms with Crippen LogP contribution in [0.3, 0.4) is 0 Å². The number of benzene rings is 1. The number of hydrogen-bond acceptors (Lipinski definition) is 3. The summed E-state index contributed by atoms with van der Waals surface area (Å²) < 4.78 is 5.46. The van der Waals surface area contributed by atoms with Gasteiger partial charge < -0.3 is 15.4 Å². The van der Waals surface area contributed by atoms with E-state index in [1.807, 2.05) is 18.2 Å². The first-order valence-electron chi connectivity index (χ1n) is 6.71. The van der Waals surface area contributed by atoms with Crippen LogP contribution in [0.15, 0.2) is 24.3 Å². The fraction of sp³-hybridized carbons (Fsp3) is 0.533. The lowest BCUT2D eigenvalue weighted by Crippen LogP contribution is -2.45. The number of hydrogen-bond donors (Lipinski definition) is 2. The average Bonchev–Trinajstić information content (AvgIpc) is 2.39. The molecule has 0 spiro atoms. The van der Waals surface area contributed by atoms with Gasteiger partial charge >= 0.3 is 0 Å². The maximum absolute atomic E-state index is 12.2. The van der Waals surface area contributed by atoms with Crippen molar-refractivity contribution < 1.29 is 9.53 Å². The van der Waals surface area contributed by atoms with Gasteiger partial charge in [-0.1, -0.05) is 39.0 Å². The van der Waals surface area contributed by atoms with Crippen molar-refractivity contribution in [1.29, 1.82) is 0 Å². The Morgan fingerprint density at radius 2 is 2.05 bits per heavy atom. The van der Waals surface area contributed by atoms with Gasteiger partial charge in [0, 0.05) is 18.8 Å². The van der Waals surface area contributed by atoms with Gasteiger partial charge in [-0.2, -0.15) is 0 Å². The van der Waals surface area contributed by atoms with Crippen LogP contribution in [-0.4, -0.2) is 31.7 Å². The molecule has 1 aromatic rings. The molecule has 0 aromatic heterocycles. The van der Waals surface area contributed by atoms with Gasteiger partial charge in [-0.25, -0.2) is 0 Å². The number of rotatable bonds is 2. The van der Waals surface area contributed by atoms with Crippen molar-refractivity contribution in [2.24, 2.45) is 0 Å². The fourth-order valence-electron chi connectivity index (χ4n) is 2.19. The SMILES string of the molecule is CC(C)(C)c1ccccc1NC(=O)C1CNCCO1.Cl. The summed E-state index contributed by atoms with van der Waals surface area (Å²) in [6.45, 7) is 8.37. The third-order valence-electron chi connectivity index (χ3n) is 3.21. The predicted octanol–water partition coefficient (Wildman–Crippen LogP) is 2.33.